The zero-order valence-electron chi connectivity index (χ0n) is 18.7. The molecule has 170 valence electrons. The van der Waals surface area contributed by atoms with Crippen molar-refractivity contribution >= 4 is 34.6 Å². The largest absolute Gasteiger partial charge is 0.511 e. The lowest BCUT2D eigenvalue weighted by molar-refractivity contribution is -0.121. The summed E-state index contributed by atoms with van der Waals surface area (Å²) in [5.74, 6) is -1.07. The van der Waals surface area contributed by atoms with Crippen LogP contribution in [0.3, 0.4) is 0 Å². The summed E-state index contributed by atoms with van der Waals surface area (Å²) in [6, 6.07) is 8.53. The van der Waals surface area contributed by atoms with Crippen LogP contribution in [0.1, 0.15) is 58.1 Å². The summed E-state index contributed by atoms with van der Waals surface area (Å²) in [5.41, 5.74) is 1.80. The lowest BCUT2D eigenvalue weighted by Gasteiger charge is -2.33. The molecule has 1 aliphatic heterocycles. The van der Waals surface area contributed by atoms with Crippen LogP contribution >= 0.6 is 23.2 Å². The average molecular weight is 477 g/mol. The van der Waals surface area contributed by atoms with Crippen LogP contribution < -0.4 is 0 Å². The molecule has 0 spiro atoms. The van der Waals surface area contributed by atoms with Crippen molar-refractivity contribution in [1.29, 1.82) is 0 Å². The van der Waals surface area contributed by atoms with Gasteiger partial charge in [-0.15, -0.1) is 0 Å². The highest BCUT2D eigenvalue weighted by Gasteiger charge is 2.51. The number of Topliss-reactive ketones (excluding diaryl/α,β-unsaturated/α-hetero) is 1. The maximum atomic E-state index is 14.8. The fourth-order valence-electron chi connectivity index (χ4n) is 5.06. The summed E-state index contributed by atoms with van der Waals surface area (Å²) >= 11 is 11.9. The number of benzene rings is 2. The summed E-state index contributed by atoms with van der Waals surface area (Å²) in [6.07, 6.45) is 2.49. The average Bonchev–Trinajstić information content (AvgIpc) is 3.20. The molecular formula is C26H27Cl2FO3. The van der Waals surface area contributed by atoms with Gasteiger partial charge in [-0.25, -0.2) is 4.39 Å². The van der Waals surface area contributed by atoms with E-state index in [2.05, 4.69) is 0 Å². The van der Waals surface area contributed by atoms with Crippen molar-refractivity contribution in [3.63, 3.8) is 0 Å². The van der Waals surface area contributed by atoms with Crippen molar-refractivity contribution in [1.82, 2.24) is 0 Å². The Morgan fingerprint density at radius 2 is 1.84 bits per heavy atom. The van der Waals surface area contributed by atoms with Crippen LogP contribution in [0.5, 0.6) is 0 Å². The molecule has 32 heavy (non-hydrogen) atoms. The van der Waals surface area contributed by atoms with E-state index in [1.54, 1.807) is 24.3 Å². The van der Waals surface area contributed by atoms with E-state index in [1.807, 2.05) is 33.8 Å². The monoisotopic (exact) mass is 476 g/mol. The summed E-state index contributed by atoms with van der Waals surface area (Å²) in [4.78, 5) is 13.2. The summed E-state index contributed by atoms with van der Waals surface area (Å²) < 4.78 is 21.1. The number of hydrogen-bond acceptors (Lipinski definition) is 3. The molecular weight excluding hydrogens is 450 g/mol. The molecule has 0 bridgehead atoms. The van der Waals surface area contributed by atoms with E-state index in [-0.39, 0.29) is 33.6 Å². The molecule has 1 fully saturated rings. The fraction of sp³-hybridized carbons (Fsp3) is 0.423. The predicted octanol–water partition coefficient (Wildman–Crippen LogP) is 7.57. The van der Waals surface area contributed by atoms with E-state index in [4.69, 9.17) is 27.9 Å². The van der Waals surface area contributed by atoms with E-state index < -0.39 is 17.3 Å². The highest BCUT2D eigenvalue weighted by molar-refractivity contribution is 6.42. The van der Waals surface area contributed by atoms with Crippen LogP contribution in [0.25, 0.3) is 16.7 Å². The molecule has 0 amide bonds. The minimum Gasteiger partial charge on any atom is -0.511 e. The van der Waals surface area contributed by atoms with Gasteiger partial charge in [-0.2, -0.15) is 0 Å². The smallest absolute Gasteiger partial charge is 0.167 e. The van der Waals surface area contributed by atoms with Crippen molar-refractivity contribution in [3.05, 3.63) is 63.1 Å². The molecule has 1 N–H and O–H groups in total. The van der Waals surface area contributed by atoms with E-state index >= 15 is 0 Å². The summed E-state index contributed by atoms with van der Waals surface area (Å²) in [7, 11) is 0. The number of aliphatic hydroxyl groups excluding tert-OH is 1. The Labute approximate surface area is 198 Å². The minimum atomic E-state index is -0.614. The van der Waals surface area contributed by atoms with Crippen molar-refractivity contribution < 1.29 is 19.0 Å². The first kappa shape index (κ1) is 23.3. The third-order valence-electron chi connectivity index (χ3n) is 6.83. The van der Waals surface area contributed by atoms with E-state index in [1.165, 1.54) is 0 Å². The second kappa shape index (κ2) is 8.16. The van der Waals surface area contributed by atoms with Crippen molar-refractivity contribution in [2.24, 2.45) is 5.92 Å². The number of ketones is 1. The SMILES string of the molecule is CCc1ccc(-c2ccc(Cl)c(Cl)c2F)cc1C1=C(O)[C@H]([C@@]2(C)CCC(C)(C)O2)CC1=O. The Morgan fingerprint density at radius 1 is 1.12 bits per heavy atom. The number of carbonyl (C=O) groups is 1. The van der Waals surface area contributed by atoms with Gasteiger partial charge < -0.3 is 9.84 Å². The van der Waals surface area contributed by atoms with Gasteiger partial charge in [-0.1, -0.05) is 42.3 Å². The standard InChI is InChI=1S/C26H27Cl2FO3/c1-5-14-6-7-15(16-8-9-19(27)22(28)23(16)29)12-17(14)21-20(30)13-18(24(21)31)26(4)11-10-25(2,3)32-26/h6-9,12,18,31H,5,10-11,13H2,1-4H3/t18-,26-/m1/s1. The lowest BCUT2D eigenvalue weighted by atomic mass is 9.84. The topological polar surface area (TPSA) is 46.5 Å². The number of halogens is 3. The van der Waals surface area contributed by atoms with Gasteiger partial charge in [-0.05, 0) is 74.9 Å². The van der Waals surface area contributed by atoms with Gasteiger partial charge in [0.1, 0.15) is 5.76 Å². The molecule has 0 aromatic heterocycles. The number of rotatable bonds is 4. The minimum absolute atomic E-state index is 0.0664. The van der Waals surface area contributed by atoms with Crippen LogP contribution in [0.4, 0.5) is 4.39 Å². The molecule has 2 aromatic carbocycles. The van der Waals surface area contributed by atoms with Crippen LogP contribution in [0.2, 0.25) is 10.0 Å². The van der Waals surface area contributed by atoms with Crippen LogP contribution in [-0.4, -0.2) is 22.1 Å². The molecule has 6 heteroatoms. The van der Waals surface area contributed by atoms with Gasteiger partial charge in [0.15, 0.2) is 11.6 Å². The van der Waals surface area contributed by atoms with Gasteiger partial charge in [0.25, 0.3) is 0 Å². The maximum absolute atomic E-state index is 14.8. The third-order valence-corrected chi connectivity index (χ3v) is 7.61. The molecule has 2 aliphatic rings. The second-order valence-corrected chi connectivity index (χ2v) is 10.3. The first-order chi connectivity index (χ1) is 15.0. The van der Waals surface area contributed by atoms with E-state index in [0.29, 0.717) is 28.7 Å². The Bertz CT molecular complexity index is 1140. The Balaban J connectivity index is 1.82. The Morgan fingerprint density at radius 3 is 2.47 bits per heavy atom. The molecule has 2 atom stereocenters. The quantitative estimate of drug-likeness (QED) is 0.462. The molecule has 1 saturated heterocycles. The highest BCUT2D eigenvalue weighted by Crippen LogP contribution is 2.50. The van der Waals surface area contributed by atoms with Crippen molar-refractivity contribution in [2.75, 3.05) is 0 Å². The summed E-state index contributed by atoms with van der Waals surface area (Å²) in [6.45, 7) is 8.01. The molecule has 0 saturated carbocycles. The van der Waals surface area contributed by atoms with Crippen LogP contribution in [0, 0.1) is 11.7 Å². The number of ether oxygens (including phenoxy) is 1. The molecule has 4 rings (SSSR count). The zero-order chi connectivity index (χ0) is 23.4. The van der Waals surface area contributed by atoms with Gasteiger partial charge in [-0.3, -0.25) is 4.79 Å². The fourth-order valence-corrected chi connectivity index (χ4v) is 5.37. The van der Waals surface area contributed by atoms with Gasteiger partial charge >= 0.3 is 0 Å². The normalized spacial score (nSPS) is 25.1. The zero-order valence-corrected chi connectivity index (χ0v) is 20.2. The number of aliphatic hydroxyl groups is 1. The molecule has 1 heterocycles. The van der Waals surface area contributed by atoms with E-state index in [0.717, 1.165) is 18.4 Å². The second-order valence-electron chi connectivity index (χ2n) is 9.56. The molecule has 1 aliphatic carbocycles. The summed E-state index contributed by atoms with van der Waals surface area (Å²) in [5, 5.41) is 11.2. The molecule has 0 radical (unpaired) electrons. The lowest BCUT2D eigenvalue weighted by Crippen LogP contribution is -2.37. The van der Waals surface area contributed by atoms with Crippen LogP contribution in [-0.2, 0) is 16.0 Å². The van der Waals surface area contributed by atoms with E-state index in [9.17, 15) is 14.3 Å². The molecule has 0 unspecified atom stereocenters. The first-order valence-corrected chi connectivity index (χ1v) is 11.7. The third kappa shape index (κ3) is 3.87. The number of hydrogen-bond donors (Lipinski definition) is 1. The van der Waals surface area contributed by atoms with Crippen LogP contribution in [0.15, 0.2) is 36.1 Å². The Hall–Kier alpha value is -1.88. The number of allylic oxidation sites excluding steroid dienone is 1. The van der Waals surface area contributed by atoms with Crippen molar-refractivity contribution in [2.45, 2.75) is 64.6 Å². The van der Waals surface area contributed by atoms with Crippen molar-refractivity contribution in [3.8, 4) is 11.1 Å². The number of carbonyl (C=O) groups excluding carboxylic acids is 1. The highest BCUT2D eigenvalue weighted by atomic mass is 35.5. The molecule has 3 nitrogen and oxygen atoms in total. The van der Waals surface area contributed by atoms with Gasteiger partial charge in [0.2, 0.25) is 0 Å². The Kier molecular flexibility index (Phi) is 5.94. The number of aryl methyl sites for hydroxylation is 1. The maximum Gasteiger partial charge on any atom is 0.167 e. The first-order valence-electron chi connectivity index (χ1n) is 10.9. The predicted molar refractivity (Wildman–Crippen MR) is 127 cm³/mol. The molecule has 2 aromatic rings. The van der Waals surface area contributed by atoms with Gasteiger partial charge in [0, 0.05) is 12.0 Å². The van der Waals surface area contributed by atoms with Gasteiger partial charge in [0.05, 0.1) is 32.7 Å².